The molecular formula is C25H35N2O10P. The molecule has 0 saturated carbocycles. The van der Waals surface area contributed by atoms with E-state index >= 15 is 0 Å². The SMILES string of the molecule is CCC(=O)OC(COC(=O)CCC(C)=O)C1OC(=O)C(OP(=O)(N(C)C)N(C)C)=C1OCc1ccccc1. The van der Waals surface area contributed by atoms with E-state index in [-0.39, 0.29) is 37.4 Å². The lowest BCUT2D eigenvalue weighted by Gasteiger charge is -2.29. The first-order valence-electron chi connectivity index (χ1n) is 12.0. The molecule has 1 heterocycles. The maximum atomic E-state index is 13.5. The lowest BCUT2D eigenvalue weighted by atomic mass is 10.1. The number of carbonyl (C=O) groups is 4. The number of Topliss-reactive ketones (excluding diaryl/α,β-unsaturated/α-hetero) is 1. The van der Waals surface area contributed by atoms with Crippen LogP contribution in [-0.4, -0.2) is 80.0 Å². The first-order chi connectivity index (χ1) is 17.9. The Labute approximate surface area is 222 Å². The first kappa shape index (κ1) is 31.0. The third-order valence-electron chi connectivity index (χ3n) is 5.36. The molecule has 0 aliphatic carbocycles. The van der Waals surface area contributed by atoms with Crippen LogP contribution in [0.25, 0.3) is 0 Å². The fourth-order valence-corrected chi connectivity index (χ4v) is 4.71. The lowest BCUT2D eigenvalue weighted by molar-refractivity contribution is -0.171. The topological polar surface area (TPSA) is 138 Å². The number of ether oxygens (including phenoxy) is 4. The van der Waals surface area contributed by atoms with Crippen LogP contribution in [-0.2, 0) is 53.8 Å². The number of hydrogen-bond donors (Lipinski definition) is 0. The highest BCUT2D eigenvalue weighted by Crippen LogP contribution is 2.54. The third kappa shape index (κ3) is 8.41. The zero-order chi connectivity index (χ0) is 28.5. The van der Waals surface area contributed by atoms with Gasteiger partial charge in [-0.2, -0.15) is 0 Å². The Kier molecular flexibility index (Phi) is 11.5. The predicted molar refractivity (Wildman–Crippen MR) is 135 cm³/mol. The Bertz CT molecular complexity index is 1070. The maximum Gasteiger partial charge on any atom is 0.395 e. The monoisotopic (exact) mass is 554 g/mol. The first-order valence-corrected chi connectivity index (χ1v) is 13.5. The highest BCUT2D eigenvalue weighted by Gasteiger charge is 2.48. The molecule has 13 heteroatoms. The van der Waals surface area contributed by atoms with Crippen LogP contribution in [0, 0.1) is 0 Å². The number of rotatable bonds is 15. The summed E-state index contributed by atoms with van der Waals surface area (Å²) >= 11 is 0. The van der Waals surface area contributed by atoms with E-state index < -0.39 is 50.2 Å². The minimum Gasteiger partial charge on any atom is -0.485 e. The zero-order valence-corrected chi connectivity index (χ0v) is 23.4. The van der Waals surface area contributed by atoms with Crippen molar-refractivity contribution in [2.75, 3.05) is 34.8 Å². The van der Waals surface area contributed by atoms with E-state index in [0.717, 1.165) is 5.56 Å². The van der Waals surface area contributed by atoms with E-state index in [1.165, 1.54) is 44.5 Å². The summed E-state index contributed by atoms with van der Waals surface area (Å²) in [5.74, 6) is -3.11. The van der Waals surface area contributed by atoms with Crippen LogP contribution in [0.3, 0.4) is 0 Å². The van der Waals surface area contributed by atoms with Crippen molar-refractivity contribution in [2.24, 2.45) is 0 Å². The van der Waals surface area contributed by atoms with Gasteiger partial charge in [-0.15, -0.1) is 0 Å². The largest absolute Gasteiger partial charge is 0.485 e. The van der Waals surface area contributed by atoms with Crippen molar-refractivity contribution in [1.82, 2.24) is 9.34 Å². The van der Waals surface area contributed by atoms with E-state index in [1.807, 2.05) is 6.07 Å². The molecule has 0 saturated heterocycles. The van der Waals surface area contributed by atoms with E-state index in [0.29, 0.717) is 0 Å². The van der Waals surface area contributed by atoms with Crippen molar-refractivity contribution < 1.29 is 47.2 Å². The minimum absolute atomic E-state index is 0.000806. The summed E-state index contributed by atoms with van der Waals surface area (Å²) < 4.78 is 44.0. The molecule has 0 amide bonds. The summed E-state index contributed by atoms with van der Waals surface area (Å²) in [5, 5.41) is 0. The number of cyclic esters (lactones) is 1. The molecule has 12 nitrogen and oxygen atoms in total. The smallest absolute Gasteiger partial charge is 0.395 e. The molecule has 0 aromatic heterocycles. The van der Waals surface area contributed by atoms with Crippen molar-refractivity contribution in [3.05, 3.63) is 47.4 Å². The quantitative estimate of drug-likeness (QED) is 0.179. The molecule has 1 aromatic rings. The molecule has 1 aliphatic rings. The molecule has 2 rings (SSSR count). The van der Waals surface area contributed by atoms with Crippen LogP contribution in [0.2, 0.25) is 0 Å². The van der Waals surface area contributed by atoms with Gasteiger partial charge in [0, 0.05) is 12.8 Å². The maximum absolute atomic E-state index is 13.5. The zero-order valence-electron chi connectivity index (χ0n) is 22.5. The van der Waals surface area contributed by atoms with Gasteiger partial charge in [-0.25, -0.2) is 18.7 Å². The van der Waals surface area contributed by atoms with Crippen molar-refractivity contribution in [1.29, 1.82) is 0 Å². The molecule has 38 heavy (non-hydrogen) atoms. The second-order valence-corrected chi connectivity index (χ2v) is 11.6. The summed E-state index contributed by atoms with van der Waals surface area (Å²) in [6.07, 6.45) is -2.82. The van der Waals surface area contributed by atoms with Crippen LogP contribution >= 0.6 is 7.67 Å². The van der Waals surface area contributed by atoms with Crippen molar-refractivity contribution in [3.8, 4) is 0 Å². The molecule has 0 N–H and O–H groups in total. The molecule has 2 unspecified atom stereocenters. The van der Waals surface area contributed by atoms with E-state index in [4.69, 9.17) is 23.5 Å². The summed E-state index contributed by atoms with van der Waals surface area (Å²) in [4.78, 5) is 48.5. The normalized spacial score (nSPS) is 16.3. The molecule has 1 aliphatic heterocycles. The lowest BCUT2D eigenvalue weighted by Crippen LogP contribution is -2.38. The number of hydrogen-bond acceptors (Lipinski definition) is 10. The van der Waals surface area contributed by atoms with E-state index in [2.05, 4.69) is 0 Å². The Morgan fingerprint density at radius 1 is 1.03 bits per heavy atom. The summed E-state index contributed by atoms with van der Waals surface area (Å²) in [6, 6.07) is 9.02. The molecule has 0 spiro atoms. The third-order valence-corrected chi connectivity index (χ3v) is 7.80. The van der Waals surface area contributed by atoms with Crippen LogP contribution in [0.15, 0.2) is 41.9 Å². The van der Waals surface area contributed by atoms with Gasteiger partial charge >= 0.3 is 25.6 Å². The van der Waals surface area contributed by atoms with Crippen LogP contribution < -0.4 is 0 Å². The molecule has 1 aromatic carbocycles. The summed E-state index contributed by atoms with van der Waals surface area (Å²) in [7, 11) is 2.38. The number of nitrogens with zero attached hydrogens (tertiary/aromatic N) is 2. The van der Waals surface area contributed by atoms with Gasteiger partial charge < -0.3 is 28.3 Å². The average Bonchev–Trinajstić information content (AvgIpc) is 3.18. The number of esters is 3. The molecular weight excluding hydrogens is 519 g/mol. The van der Waals surface area contributed by atoms with Crippen LogP contribution in [0.1, 0.15) is 38.7 Å². The minimum atomic E-state index is -3.72. The van der Waals surface area contributed by atoms with E-state index in [9.17, 15) is 23.7 Å². The Morgan fingerprint density at radius 3 is 2.21 bits per heavy atom. The summed E-state index contributed by atoms with van der Waals surface area (Å²) in [5.41, 5.74) is 0.749. The average molecular weight is 555 g/mol. The summed E-state index contributed by atoms with van der Waals surface area (Å²) in [6.45, 7) is 2.42. The molecule has 0 bridgehead atoms. The predicted octanol–water partition coefficient (Wildman–Crippen LogP) is 2.82. The fraction of sp³-hybridized carbons (Fsp3) is 0.520. The number of ketones is 1. The highest BCUT2D eigenvalue weighted by molar-refractivity contribution is 7.54. The van der Waals surface area contributed by atoms with Crippen molar-refractivity contribution in [3.63, 3.8) is 0 Å². The van der Waals surface area contributed by atoms with E-state index in [1.54, 1.807) is 31.2 Å². The molecule has 210 valence electrons. The second-order valence-electron chi connectivity index (χ2n) is 8.84. The Balaban J connectivity index is 2.44. The van der Waals surface area contributed by atoms with Crippen molar-refractivity contribution >= 4 is 31.4 Å². The molecule has 2 atom stereocenters. The highest BCUT2D eigenvalue weighted by atomic mass is 31.2. The van der Waals surface area contributed by atoms with Gasteiger partial charge in [0.25, 0.3) is 5.76 Å². The van der Waals surface area contributed by atoms with Gasteiger partial charge in [-0.3, -0.25) is 9.59 Å². The van der Waals surface area contributed by atoms with Gasteiger partial charge in [-0.1, -0.05) is 37.3 Å². The van der Waals surface area contributed by atoms with Gasteiger partial charge in [0.1, 0.15) is 19.0 Å². The van der Waals surface area contributed by atoms with Crippen LogP contribution in [0.5, 0.6) is 0 Å². The van der Waals surface area contributed by atoms with Gasteiger partial charge in [0.15, 0.2) is 11.9 Å². The number of benzene rings is 1. The van der Waals surface area contributed by atoms with Crippen molar-refractivity contribution in [2.45, 2.75) is 51.9 Å². The second kappa shape index (κ2) is 14.1. The van der Waals surface area contributed by atoms with Gasteiger partial charge in [-0.05, 0) is 40.7 Å². The Morgan fingerprint density at radius 2 is 1.66 bits per heavy atom. The standard InChI is InChI=1S/C25H35N2O10P/c1-7-20(29)35-19(16-33-21(30)14-13-17(2)28)22-23(34-15-18-11-9-8-10-12-18)24(25(31)36-22)37-38(32,26(3)4)27(5)6/h8-12,19,22H,7,13-16H2,1-6H3. The molecule has 0 radical (unpaired) electrons. The van der Waals surface area contributed by atoms with Gasteiger partial charge in [0.2, 0.25) is 6.10 Å². The van der Waals surface area contributed by atoms with Crippen LogP contribution in [0.4, 0.5) is 0 Å². The fourth-order valence-electron chi connectivity index (χ4n) is 3.26. The molecule has 0 fully saturated rings. The number of carbonyl (C=O) groups excluding carboxylic acids is 4. The van der Waals surface area contributed by atoms with Gasteiger partial charge in [0.05, 0.1) is 6.42 Å². The Hall–Kier alpha value is -3.21.